The van der Waals surface area contributed by atoms with Gasteiger partial charge in [0.05, 0.1) is 22.6 Å². The zero-order valence-corrected chi connectivity index (χ0v) is 20.8. The molecule has 1 unspecified atom stereocenters. The summed E-state index contributed by atoms with van der Waals surface area (Å²) in [6.45, 7) is 6.64. The number of hydrogen-bond donors (Lipinski definition) is 0. The first-order chi connectivity index (χ1) is 17.0. The summed E-state index contributed by atoms with van der Waals surface area (Å²) in [5.41, 5.74) is 3.46. The van der Waals surface area contributed by atoms with Gasteiger partial charge in [-0.25, -0.2) is 4.98 Å². The van der Waals surface area contributed by atoms with E-state index in [1.54, 1.807) is 4.57 Å². The summed E-state index contributed by atoms with van der Waals surface area (Å²) in [7, 11) is 0. The standard InChI is InChI=1S/C30H33N3O2/c1-4-6-16-28(34)32(21-23-12-8-7-9-13-23)27(5-2)29-31-26-15-11-10-14-25(26)30(35)33(29)24-19-17-22(3)18-20-24/h7-15,17-20,27H,4-6,16,21H2,1-3H3. The second-order valence-corrected chi connectivity index (χ2v) is 9.00. The Kier molecular flexibility index (Phi) is 7.76. The van der Waals surface area contributed by atoms with Gasteiger partial charge >= 0.3 is 0 Å². The molecule has 0 fully saturated rings. The normalized spacial score (nSPS) is 12.0. The van der Waals surface area contributed by atoms with Crippen LogP contribution in [0.2, 0.25) is 0 Å². The van der Waals surface area contributed by atoms with Crippen LogP contribution in [0.15, 0.2) is 83.7 Å². The third kappa shape index (κ3) is 5.35. The summed E-state index contributed by atoms with van der Waals surface area (Å²) in [6, 6.07) is 25.0. The molecule has 4 rings (SSSR count). The van der Waals surface area contributed by atoms with Crippen LogP contribution >= 0.6 is 0 Å². The fraction of sp³-hybridized carbons (Fsp3) is 0.300. The van der Waals surface area contributed by atoms with E-state index >= 15 is 0 Å². The summed E-state index contributed by atoms with van der Waals surface area (Å²) in [4.78, 5) is 34.2. The van der Waals surface area contributed by atoms with Crippen molar-refractivity contribution in [2.45, 2.75) is 59.0 Å². The predicted octanol–water partition coefficient (Wildman–Crippen LogP) is 6.36. The van der Waals surface area contributed by atoms with Gasteiger partial charge < -0.3 is 4.90 Å². The molecule has 0 radical (unpaired) electrons. The molecule has 1 aromatic heterocycles. The molecule has 0 spiro atoms. The zero-order valence-electron chi connectivity index (χ0n) is 20.8. The SMILES string of the molecule is CCCCC(=O)N(Cc1ccccc1)C(CC)c1nc2ccccc2c(=O)n1-c1ccc(C)cc1. The molecule has 5 nitrogen and oxygen atoms in total. The summed E-state index contributed by atoms with van der Waals surface area (Å²) in [6.07, 6.45) is 2.89. The Labute approximate surface area is 207 Å². The molecule has 1 amide bonds. The van der Waals surface area contributed by atoms with Gasteiger partial charge in [0.15, 0.2) is 0 Å². The third-order valence-electron chi connectivity index (χ3n) is 6.42. The highest BCUT2D eigenvalue weighted by Crippen LogP contribution is 2.28. The molecule has 3 aromatic carbocycles. The van der Waals surface area contributed by atoms with E-state index in [9.17, 15) is 9.59 Å². The van der Waals surface area contributed by atoms with Crippen LogP contribution < -0.4 is 5.56 Å². The maximum absolute atomic E-state index is 13.8. The largest absolute Gasteiger partial charge is 0.328 e. The van der Waals surface area contributed by atoms with Gasteiger partial charge in [-0.1, -0.05) is 80.4 Å². The Bertz CT molecular complexity index is 1340. The highest BCUT2D eigenvalue weighted by Gasteiger charge is 2.29. The number of amides is 1. The summed E-state index contributed by atoms with van der Waals surface area (Å²) < 4.78 is 1.70. The van der Waals surface area contributed by atoms with Crippen LogP contribution in [0.5, 0.6) is 0 Å². The molecular formula is C30H33N3O2. The van der Waals surface area contributed by atoms with E-state index in [0.29, 0.717) is 36.1 Å². The number of para-hydroxylation sites is 1. The average Bonchev–Trinajstić information content (AvgIpc) is 2.88. The Morgan fingerprint density at radius 1 is 0.943 bits per heavy atom. The minimum Gasteiger partial charge on any atom is -0.328 e. The van der Waals surface area contributed by atoms with Gasteiger partial charge in [-0.2, -0.15) is 0 Å². The highest BCUT2D eigenvalue weighted by atomic mass is 16.2. The molecular weight excluding hydrogens is 434 g/mol. The minimum absolute atomic E-state index is 0.0837. The van der Waals surface area contributed by atoms with Crippen molar-refractivity contribution in [1.29, 1.82) is 0 Å². The molecule has 1 atom stereocenters. The third-order valence-corrected chi connectivity index (χ3v) is 6.42. The molecule has 4 aromatic rings. The van der Waals surface area contributed by atoms with E-state index in [0.717, 1.165) is 29.7 Å². The van der Waals surface area contributed by atoms with E-state index in [4.69, 9.17) is 4.98 Å². The van der Waals surface area contributed by atoms with Gasteiger partial charge in [0, 0.05) is 13.0 Å². The minimum atomic E-state index is -0.349. The number of unbranched alkanes of at least 4 members (excludes halogenated alkanes) is 1. The van der Waals surface area contributed by atoms with Crippen molar-refractivity contribution in [2.24, 2.45) is 0 Å². The monoisotopic (exact) mass is 467 g/mol. The zero-order chi connectivity index (χ0) is 24.8. The molecule has 180 valence electrons. The van der Waals surface area contributed by atoms with Gasteiger partial charge in [0.2, 0.25) is 5.91 Å². The summed E-state index contributed by atoms with van der Waals surface area (Å²) in [5.74, 6) is 0.682. The lowest BCUT2D eigenvalue weighted by molar-refractivity contribution is -0.135. The van der Waals surface area contributed by atoms with E-state index in [1.165, 1.54) is 0 Å². The maximum atomic E-state index is 13.8. The van der Waals surface area contributed by atoms with Crippen LogP contribution in [0.4, 0.5) is 0 Å². The van der Waals surface area contributed by atoms with Gasteiger partial charge in [0.1, 0.15) is 5.82 Å². The number of aryl methyl sites for hydroxylation is 1. The van der Waals surface area contributed by atoms with Crippen LogP contribution in [0.25, 0.3) is 16.6 Å². The highest BCUT2D eigenvalue weighted by molar-refractivity contribution is 5.79. The van der Waals surface area contributed by atoms with Gasteiger partial charge in [-0.3, -0.25) is 14.2 Å². The van der Waals surface area contributed by atoms with Crippen molar-refractivity contribution < 1.29 is 4.79 Å². The predicted molar refractivity (Wildman–Crippen MR) is 142 cm³/mol. The molecule has 0 aliphatic carbocycles. The van der Waals surface area contributed by atoms with E-state index in [2.05, 4.69) is 13.8 Å². The molecule has 5 heteroatoms. The molecule has 0 saturated heterocycles. The van der Waals surface area contributed by atoms with Gasteiger partial charge in [-0.15, -0.1) is 0 Å². The number of aromatic nitrogens is 2. The first-order valence-electron chi connectivity index (χ1n) is 12.5. The first-order valence-corrected chi connectivity index (χ1v) is 12.5. The molecule has 0 saturated carbocycles. The number of benzene rings is 3. The van der Waals surface area contributed by atoms with Crippen LogP contribution in [-0.4, -0.2) is 20.4 Å². The maximum Gasteiger partial charge on any atom is 0.266 e. The van der Waals surface area contributed by atoms with Crippen LogP contribution in [-0.2, 0) is 11.3 Å². The van der Waals surface area contributed by atoms with Crippen molar-refractivity contribution >= 4 is 16.8 Å². The number of carbonyl (C=O) groups excluding carboxylic acids is 1. The Morgan fingerprint density at radius 2 is 1.63 bits per heavy atom. The Morgan fingerprint density at radius 3 is 2.31 bits per heavy atom. The molecule has 0 bridgehead atoms. The lowest BCUT2D eigenvalue weighted by Gasteiger charge is -2.32. The number of carbonyl (C=O) groups is 1. The fourth-order valence-corrected chi connectivity index (χ4v) is 4.48. The summed E-state index contributed by atoms with van der Waals surface area (Å²) in [5, 5.41) is 0.568. The quantitative estimate of drug-likeness (QED) is 0.288. The van der Waals surface area contributed by atoms with Crippen molar-refractivity contribution in [1.82, 2.24) is 14.5 Å². The molecule has 35 heavy (non-hydrogen) atoms. The van der Waals surface area contributed by atoms with Crippen LogP contribution in [0, 0.1) is 6.92 Å². The Balaban J connectivity index is 1.91. The second-order valence-electron chi connectivity index (χ2n) is 9.00. The second kappa shape index (κ2) is 11.1. The van der Waals surface area contributed by atoms with Crippen molar-refractivity contribution in [2.75, 3.05) is 0 Å². The van der Waals surface area contributed by atoms with Crippen molar-refractivity contribution in [3.05, 3.63) is 106 Å². The van der Waals surface area contributed by atoms with Crippen molar-refractivity contribution in [3.8, 4) is 5.69 Å². The lowest BCUT2D eigenvalue weighted by atomic mass is 10.1. The molecule has 1 heterocycles. The van der Waals surface area contributed by atoms with Crippen molar-refractivity contribution in [3.63, 3.8) is 0 Å². The average molecular weight is 468 g/mol. The number of hydrogen-bond acceptors (Lipinski definition) is 3. The van der Waals surface area contributed by atoms with Gasteiger partial charge in [0.25, 0.3) is 5.56 Å². The fourth-order valence-electron chi connectivity index (χ4n) is 4.48. The summed E-state index contributed by atoms with van der Waals surface area (Å²) >= 11 is 0. The number of nitrogens with zero attached hydrogens (tertiary/aromatic N) is 3. The number of rotatable bonds is 9. The molecule has 0 aliphatic rings. The van der Waals surface area contributed by atoms with Gasteiger partial charge in [-0.05, 0) is 49.6 Å². The van der Waals surface area contributed by atoms with Crippen LogP contribution in [0.1, 0.15) is 62.5 Å². The molecule has 0 N–H and O–H groups in total. The Hall–Kier alpha value is -3.73. The number of fused-ring (bicyclic) bond motifs is 1. The smallest absolute Gasteiger partial charge is 0.266 e. The lowest BCUT2D eigenvalue weighted by Crippen LogP contribution is -2.38. The first kappa shape index (κ1) is 24.4. The topological polar surface area (TPSA) is 55.2 Å². The van der Waals surface area contributed by atoms with Crippen LogP contribution in [0.3, 0.4) is 0 Å². The van der Waals surface area contributed by atoms with E-state index in [-0.39, 0.29) is 17.5 Å². The molecule has 0 aliphatic heterocycles. The van der Waals surface area contributed by atoms with E-state index in [1.807, 2.05) is 90.7 Å². The van der Waals surface area contributed by atoms with E-state index < -0.39 is 0 Å².